The quantitative estimate of drug-likeness (QED) is 0.634. The van der Waals surface area contributed by atoms with Crippen molar-refractivity contribution in [1.29, 1.82) is 0 Å². The lowest BCUT2D eigenvalue weighted by Gasteiger charge is -2.23. The lowest BCUT2D eigenvalue weighted by Crippen LogP contribution is -2.27. The molecule has 0 spiro atoms. The molecule has 0 aromatic heterocycles. The van der Waals surface area contributed by atoms with Gasteiger partial charge in [-0.05, 0) is 26.2 Å². The first-order valence-corrected chi connectivity index (χ1v) is 4.58. The second kappa shape index (κ2) is 4.45. The Morgan fingerprint density at radius 1 is 1.58 bits per heavy atom. The highest BCUT2D eigenvalue weighted by atomic mass is 16.5. The van der Waals surface area contributed by atoms with Crippen LogP contribution in [0.4, 0.5) is 0 Å². The Bertz CT molecular complexity index is 156. The maximum atomic E-state index is 11.2. The first kappa shape index (κ1) is 9.52. The summed E-state index contributed by atoms with van der Waals surface area (Å²) in [5, 5.41) is 9.29. The zero-order chi connectivity index (χ0) is 8.97. The summed E-state index contributed by atoms with van der Waals surface area (Å²) in [6.07, 6.45) is 2.92. The number of carbonyl (C=O) groups is 1. The van der Waals surface area contributed by atoms with Gasteiger partial charge >= 0.3 is 5.97 Å². The zero-order valence-electron chi connectivity index (χ0n) is 7.45. The van der Waals surface area contributed by atoms with Crippen molar-refractivity contribution in [2.45, 2.75) is 38.7 Å². The molecule has 1 saturated carbocycles. The van der Waals surface area contributed by atoms with E-state index in [9.17, 15) is 9.90 Å². The topological polar surface area (TPSA) is 46.5 Å². The van der Waals surface area contributed by atoms with E-state index >= 15 is 0 Å². The highest BCUT2D eigenvalue weighted by molar-refractivity contribution is 5.72. The van der Waals surface area contributed by atoms with E-state index in [1.807, 2.05) is 0 Å². The van der Waals surface area contributed by atoms with Gasteiger partial charge in [-0.1, -0.05) is 6.42 Å². The Balaban J connectivity index is 2.35. The number of aliphatic hydroxyl groups is 1. The number of ether oxygens (including phenoxy) is 1. The predicted octanol–water partition coefficient (Wildman–Crippen LogP) is 1.10. The standard InChI is InChI=1S/C9H16O3/c1-2-12-9(11)7-4-3-5-8(10)6-7/h7-8,10H,2-6H2,1H3. The number of hydrogen-bond acceptors (Lipinski definition) is 3. The minimum absolute atomic E-state index is 0.0614. The molecule has 0 saturated heterocycles. The zero-order valence-corrected chi connectivity index (χ0v) is 7.45. The fourth-order valence-electron chi connectivity index (χ4n) is 1.64. The summed E-state index contributed by atoms with van der Waals surface area (Å²) in [6, 6.07) is 0. The van der Waals surface area contributed by atoms with Crippen molar-refractivity contribution in [3.8, 4) is 0 Å². The van der Waals surface area contributed by atoms with Crippen LogP contribution in [0.1, 0.15) is 32.6 Å². The van der Waals surface area contributed by atoms with Crippen LogP contribution in [0.2, 0.25) is 0 Å². The van der Waals surface area contributed by atoms with Gasteiger partial charge in [-0.25, -0.2) is 0 Å². The predicted molar refractivity (Wildman–Crippen MR) is 44.6 cm³/mol. The number of esters is 1. The van der Waals surface area contributed by atoms with Crippen LogP contribution in [0.3, 0.4) is 0 Å². The monoisotopic (exact) mass is 172 g/mol. The average Bonchev–Trinajstić information content (AvgIpc) is 2.05. The summed E-state index contributed by atoms with van der Waals surface area (Å²) in [6.45, 7) is 2.24. The summed E-state index contributed by atoms with van der Waals surface area (Å²) >= 11 is 0. The third kappa shape index (κ3) is 2.48. The van der Waals surface area contributed by atoms with Gasteiger partial charge in [0.15, 0.2) is 0 Å². The molecule has 1 aliphatic rings. The van der Waals surface area contributed by atoms with Crippen LogP contribution in [-0.2, 0) is 9.53 Å². The van der Waals surface area contributed by atoms with Gasteiger partial charge in [-0.15, -0.1) is 0 Å². The molecule has 0 aromatic carbocycles. The van der Waals surface area contributed by atoms with E-state index < -0.39 is 0 Å². The lowest BCUT2D eigenvalue weighted by molar-refractivity contribution is -0.150. The second-order valence-electron chi connectivity index (χ2n) is 3.27. The fourth-order valence-corrected chi connectivity index (χ4v) is 1.64. The van der Waals surface area contributed by atoms with E-state index in [1.54, 1.807) is 6.92 Å². The summed E-state index contributed by atoms with van der Waals surface area (Å²) in [4.78, 5) is 11.2. The highest BCUT2D eigenvalue weighted by Crippen LogP contribution is 2.24. The van der Waals surface area contributed by atoms with Crippen LogP contribution in [-0.4, -0.2) is 23.8 Å². The maximum Gasteiger partial charge on any atom is 0.309 e. The smallest absolute Gasteiger partial charge is 0.309 e. The molecule has 12 heavy (non-hydrogen) atoms. The number of carbonyl (C=O) groups excluding carboxylic acids is 1. The summed E-state index contributed by atoms with van der Waals surface area (Å²) < 4.78 is 4.88. The SMILES string of the molecule is CCOC(=O)C1CCCC(O)C1. The van der Waals surface area contributed by atoms with E-state index in [0.29, 0.717) is 13.0 Å². The van der Waals surface area contributed by atoms with Crippen molar-refractivity contribution in [3.63, 3.8) is 0 Å². The van der Waals surface area contributed by atoms with Gasteiger partial charge in [-0.3, -0.25) is 4.79 Å². The van der Waals surface area contributed by atoms with Crippen molar-refractivity contribution < 1.29 is 14.6 Å². The minimum Gasteiger partial charge on any atom is -0.466 e. The maximum absolute atomic E-state index is 11.2. The number of aliphatic hydroxyl groups excluding tert-OH is 1. The van der Waals surface area contributed by atoms with Gasteiger partial charge in [0.05, 0.1) is 18.6 Å². The van der Waals surface area contributed by atoms with Gasteiger partial charge in [0.25, 0.3) is 0 Å². The Hall–Kier alpha value is -0.570. The fraction of sp³-hybridized carbons (Fsp3) is 0.889. The van der Waals surface area contributed by atoms with Crippen LogP contribution in [0.5, 0.6) is 0 Å². The lowest BCUT2D eigenvalue weighted by atomic mass is 9.87. The third-order valence-electron chi connectivity index (χ3n) is 2.27. The van der Waals surface area contributed by atoms with Gasteiger partial charge in [0.2, 0.25) is 0 Å². The molecule has 0 amide bonds. The molecule has 0 heterocycles. The van der Waals surface area contributed by atoms with Crippen molar-refractivity contribution in [1.82, 2.24) is 0 Å². The van der Waals surface area contributed by atoms with Crippen molar-refractivity contribution in [2.24, 2.45) is 5.92 Å². The van der Waals surface area contributed by atoms with Crippen molar-refractivity contribution in [2.75, 3.05) is 6.61 Å². The molecule has 3 heteroatoms. The van der Waals surface area contributed by atoms with Crippen molar-refractivity contribution >= 4 is 5.97 Å². The van der Waals surface area contributed by atoms with Gasteiger partial charge in [0, 0.05) is 0 Å². The van der Waals surface area contributed by atoms with E-state index in [1.165, 1.54) is 0 Å². The Morgan fingerprint density at radius 3 is 2.92 bits per heavy atom. The summed E-state index contributed by atoms with van der Waals surface area (Å²) in [7, 11) is 0. The van der Waals surface area contributed by atoms with Gasteiger partial charge in [0.1, 0.15) is 0 Å². The average molecular weight is 172 g/mol. The largest absolute Gasteiger partial charge is 0.466 e. The number of rotatable bonds is 2. The Labute approximate surface area is 72.7 Å². The first-order chi connectivity index (χ1) is 5.74. The summed E-state index contributed by atoms with van der Waals surface area (Å²) in [5.41, 5.74) is 0. The third-order valence-corrected chi connectivity index (χ3v) is 2.27. The highest BCUT2D eigenvalue weighted by Gasteiger charge is 2.26. The Kier molecular flexibility index (Phi) is 3.53. The normalized spacial score (nSPS) is 29.8. The molecule has 1 fully saturated rings. The molecular formula is C9H16O3. The molecule has 1 aliphatic carbocycles. The molecule has 3 nitrogen and oxygen atoms in total. The molecule has 2 unspecified atom stereocenters. The molecule has 0 aromatic rings. The van der Waals surface area contributed by atoms with Crippen LogP contribution in [0.25, 0.3) is 0 Å². The molecule has 1 N–H and O–H groups in total. The van der Waals surface area contributed by atoms with Crippen LogP contribution in [0.15, 0.2) is 0 Å². The van der Waals surface area contributed by atoms with Gasteiger partial charge < -0.3 is 9.84 Å². The molecule has 1 rings (SSSR count). The minimum atomic E-state index is -0.298. The molecule has 2 atom stereocenters. The van der Waals surface area contributed by atoms with Crippen molar-refractivity contribution in [3.05, 3.63) is 0 Å². The van der Waals surface area contributed by atoms with Crippen LogP contribution in [0, 0.1) is 5.92 Å². The molecule has 0 radical (unpaired) electrons. The van der Waals surface area contributed by atoms with Crippen LogP contribution < -0.4 is 0 Å². The summed E-state index contributed by atoms with van der Waals surface area (Å²) in [5.74, 6) is -0.204. The first-order valence-electron chi connectivity index (χ1n) is 4.58. The molecular weight excluding hydrogens is 156 g/mol. The van der Waals surface area contributed by atoms with E-state index in [-0.39, 0.29) is 18.0 Å². The van der Waals surface area contributed by atoms with Gasteiger partial charge in [-0.2, -0.15) is 0 Å². The van der Waals surface area contributed by atoms with E-state index in [4.69, 9.17) is 4.74 Å². The molecule has 0 bridgehead atoms. The van der Waals surface area contributed by atoms with E-state index in [2.05, 4.69) is 0 Å². The number of hydrogen-bond donors (Lipinski definition) is 1. The van der Waals surface area contributed by atoms with E-state index in [0.717, 1.165) is 19.3 Å². The Morgan fingerprint density at radius 2 is 2.33 bits per heavy atom. The second-order valence-corrected chi connectivity index (χ2v) is 3.27. The van der Waals surface area contributed by atoms with Crippen LogP contribution >= 0.6 is 0 Å². The molecule has 70 valence electrons. The molecule has 0 aliphatic heterocycles.